The molecule has 1 N–H and O–H groups in total. The minimum Gasteiger partial charge on any atom is -0.497 e. The highest BCUT2D eigenvalue weighted by molar-refractivity contribution is 8.02. The first kappa shape index (κ1) is 11.5. The molecule has 0 amide bonds. The van der Waals surface area contributed by atoms with Crippen molar-refractivity contribution in [2.45, 2.75) is 0 Å². The number of nitrogens with one attached hydrogen (secondary N) is 1. The highest BCUT2D eigenvalue weighted by atomic mass is 32.2. The van der Waals surface area contributed by atoms with E-state index in [9.17, 15) is 0 Å². The molecular formula is C11H12N2OS. The highest BCUT2D eigenvalue weighted by Crippen LogP contribution is 2.19. The summed E-state index contributed by atoms with van der Waals surface area (Å²) in [5, 5.41) is 12.5. The second-order valence-corrected chi connectivity index (χ2v) is 3.54. The Morgan fingerprint density at radius 3 is 2.60 bits per heavy atom. The molecule has 0 heterocycles. The summed E-state index contributed by atoms with van der Waals surface area (Å²) in [5.41, 5.74) is 0.937. The molecule has 0 spiro atoms. The zero-order chi connectivity index (χ0) is 11.1. The number of nitrogens with zero attached hydrogens (tertiary/aromatic N) is 1. The lowest BCUT2D eigenvalue weighted by atomic mass is 10.3. The molecule has 0 aliphatic heterocycles. The highest BCUT2D eigenvalue weighted by Gasteiger charge is 1.96. The smallest absolute Gasteiger partial charge is 0.119 e. The maximum Gasteiger partial charge on any atom is 0.119 e. The third-order valence-electron chi connectivity index (χ3n) is 1.77. The topological polar surface area (TPSA) is 45.0 Å². The van der Waals surface area contributed by atoms with Gasteiger partial charge in [0, 0.05) is 11.8 Å². The van der Waals surface area contributed by atoms with Crippen LogP contribution >= 0.6 is 11.8 Å². The number of benzene rings is 1. The average molecular weight is 220 g/mol. The average Bonchev–Trinajstić information content (AvgIpc) is 2.29. The molecule has 0 aliphatic carbocycles. The van der Waals surface area contributed by atoms with Crippen molar-refractivity contribution in [3.8, 4) is 11.8 Å². The van der Waals surface area contributed by atoms with Crippen molar-refractivity contribution < 1.29 is 4.74 Å². The number of allylic oxidation sites excluding steroid dienone is 1. The van der Waals surface area contributed by atoms with Crippen LogP contribution in [0.15, 0.2) is 35.4 Å². The lowest BCUT2D eigenvalue weighted by Crippen LogP contribution is -1.95. The van der Waals surface area contributed by atoms with E-state index >= 15 is 0 Å². The third kappa shape index (κ3) is 3.56. The zero-order valence-corrected chi connectivity index (χ0v) is 9.47. The van der Waals surface area contributed by atoms with Crippen LogP contribution in [0.25, 0.3) is 0 Å². The fourth-order valence-electron chi connectivity index (χ4n) is 1.02. The summed E-state index contributed by atoms with van der Waals surface area (Å²) >= 11 is 1.50. The summed E-state index contributed by atoms with van der Waals surface area (Å²) in [5.74, 6) is 0.815. The van der Waals surface area contributed by atoms with E-state index in [1.807, 2.05) is 36.6 Å². The second-order valence-electron chi connectivity index (χ2n) is 2.70. The van der Waals surface area contributed by atoms with Gasteiger partial charge >= 0.3 is 0 Å². The van der Waals surface area contributed by atoms with E-state index in [2.05, 4.69) is 5.32 Å². The summed E-state index contributed by atoms with van der Waals surface area (Å²) in [6.45, 7) is 0. The number of hydrogen-bond acceptors (Lipinski definition) is 4. The van der Waals surface area contributed by atoms with Crippen molar-refractivity contribution in [2.75, 3.05) is 18.7 Å². The van der Waals surface area contributed by atoms with Crippen LogP contribution in [0, 0.1) is 11.3 Å². The second kappa shape index (κ2) is 5.99. The van der Waals surface area contributed by atoms with Crippen LogP contribution in [-0.4, -0.2) is 13.4 Å². The maximum absolute atomic E-state index is 8.53. The van der Waals surface area contributed by atoms with Gasteiger partial charge in [0.1, 0.15) is 5.75 Å². The number of thioether (sulfide) groups is 1. The van der Waals surface area contributed by atoms with Crippen LogP contribution in [0.4, 0.5) is 5.69 Å². The molecule has 78 valence electrons. The minimum absolute atomic E-state index is 0.815. The number of ether oxygens (including phenoxy) is 1. The van der Waals surface area contributed by atoms with Gasteiger partial charge in [0.25, 0.3) is 0 Å². The van der Waals surface area contributed by atoms with E-state index < -0.39 is 0 Å². The van der Waals surface area contributed by atoms with Gasteiger partial charge in [-0.05, 0) is 30.5 Å². The summed E-state index contributed by atoms with van der Waals surface area (Å²) in [6.07, 6.45) is 3.40. The lowest BCUT2D eigenvalue weighted by molar-refractivity contribution is 0.415. The number of rotatable bonds is 4. The van der Waals surface area contributed by atoms with E-state index in [-0.39, 0.29) is 0 Å². The molecule has 0 aromatic heterocycles. The summed E-state index contributed by atoms with van der Waals surface area (Å²) in [6, 6.07) is 9.53. The molecule has 0 saturated carbocycles. The van der Waals surface area contributed by atoms with Crippen LogP contribution in [0.2, 0.25) is 0 Å². The molecule has 15 heavy (non-hydrogen) atoms. The summed E-state index contributed by atoms with van der Waals surface area (Å²) < 4.78 is 5.05. The first-order valence-electron chi connectivity index (χ1n) is 4.35. The van der Waals surface area contributed by atoms with Crippen molar-refractivity contribution in [2.24, 2.45) is 0 Å². The first-order chi connectivity index (χ1) is 7.30. The fraction of sp³-hybridized carbons (Fsp3) is 0.182. The molecule has 1 rings (SSSR count). The molecule has 0 atom stereocenters. The van der Waals surface area contributed by atoms with Gasteiger partial charge in [0.05, 0.1) is 18.2 Å². The molecule has 1 aromatic rings. The Morgan fingerprint density at radius 1 is 1.47 bits per heavy atom. The Hall–Kier alpha value is -1.60. The molecule has 4 heteroatoms. The largest absolute Gasteiger partial charge is 0.497 e. The van der Waals surface area contributed by atoms with Crippen molar-refractivity contribution in [1.29, 1.82) is 5.26 Å². The van der Waals surface area contributed by atoms with Gasteiger partial charge in [0.15, 0.2) is 0 Å². The van der Waals surface area contributed by atoms with Crippen molar-refractivity contribution in [3.05, 3.63) is 35.4 Å². The van der Waals surface area contributed by atoms with Crippen molar-refractivity contribution in [3.63, 3.8) is 0 Å². The lowest BCUT2D eigenvalue weighted by Gasteiger charge is -2.07. The monoisotopic (exact) mass is 220 g/mol. The molecule has 1 aromatic carbocycles. The molecule has 0 bridgehead atoms. The van der Waals surface area contributed by atoms with Gasteiger partial charge in [-0.15, -0.1) is 11.8 Å². The quantitative estimate of drug-likeness (QED) is 0.792. The third-order valence-corrected chi connectivity index (χ3v) is 2.43. The Kier molecular flexibility index (Phi) is 4.58. The predicted molar refractivity (Wildman–Crippen MR) is 63.8 cm³/mol. The Labute approximate surface area is 93.7 Å². The normalized spacial score (nSPS) is 10.6. The number of hydrogen-bond donors (Lipinski definition) is 1. The Balaban J connectivity index is 2.72. The predicted octanol–water partition coefficient (Wildman–Crippen LogP) is 2.84. The van der Waals surface area contributed by atoms with E-state index in [0.29, 0.717) is 0 Å². The van der Waals surface area contributed by atoms with Gasteiger partial charge in [-0.3, -0.25) is 0 Å². The van der Waals surface area contributed by atoms with Crippen molar-refractivity contribution in [1.82, 2.24) is 0 Å². The van der Waals surface area contributed by atoms with Gasteiger partial charge in [-0.25, -0.2) is 0 Å². The number of nitriles is 1. The van der Waals surface area contributed by atoms with Gasteiger partial charge < -0.3 is 10.1 Å². The van der Waals surface area contributed by atoms with Gasteiger partial charge in [-0.2, -0.15) is 5.26 Å². The molecule has 0 fully saturated rings. The van der Waals surface area contributed by atoms with Crippen molar-refractivity contribution >= 4 is 17.4 Å². The van der Waals surface area contributed by atoms with Crippen LogP contribution in [-0.2, 0) is 0 Å². The number of methoxy groups -OCH3 is 1. The SMILES string of the molecule is COc1ccc(N/C(=C/C#N)SC)cc1. The molecule has 0 unspecified atom stereocenters. The van der Waals surface area contributed by atoms with E-state index in [1.165, 1.54) is 17.8 Å². The fourth-order valence-corrected chi connectivity index (χ4v) is 1.41. The molecule has 0 saturated heterocycles. The Morgan fingerprint density at radius 2 is 2.13 bits per heavy atom. The van der Waals surface area contributed by atoms with Crippen LogP contribution in [0.5, 0.6) is 5.75 Å². The van der Waals surface area contributed by atoms with Crippen LogP contribution < -0.4 is 10.1 Å². The van der Waals surface area contributed by atoms with Gasteiger partial charge in [0.2, 0.25) is 0 Å². The standard InChI is InChI=1S/C11H12N2OS/c1-14-10-5-3-9(4-6-10)13-11(15-2)7-8-12/h3-7,13H,1-2H3/b11-7-. The summed E-state index contributed by atoms with van der Waals surface area (Å²) in [7, 11) is 1.63. The maximum atomic E-state index is 8.53. The Bertz CT molecular complexity index is 379. The molecular weight excluding hydrogens is 208 g/mol. The zero-order valence-electron chi connectivity index (χ0n) is 8.65. The molecule has 0 aliphatic rings. The van der Waals surface area contributed by atoms with E-state index in [4.69, 9.17) is 10.00 Å². The molecule has 0 radical (unpaired) electrons. The summed E-state index contributed by atoms with van der Waals surface area (Å²) in [4.78, 5) is 0. The van der Waals surface area contributed by atoms with E-state index in [1.54, 1.807) is 7.11 Å². The van der Waals surface area contributed by atoms with Crippen LogP contribution in [0.3, 0.4) is 0 Å². The minimum atomic E-state index is 0.815. The number of anilines is 1. The van der Waals surface area contributed by atoms with Crippen LogP contribution in [0.1, 0.15) is 0 Å². The van der Waals surface area contributed by atoms with E-state index in [0.717, 1.165) is 16.5 Å². The molecule has 3 nitrogen and oxygen atoms in total. The first-order valence-corrected chi connectivity index (χ1v) is 5.57. The van der Waals surface area contributed by atoms with Gasteiger partial charge in [-0.1, -0.05) is 0 Å².